The van der Waals surface area contributed by atoms with Crippen molar-refractivity contribution in [3.05, 3.63) is 84.2 Å². The third-order valence-corrected chi connectivity index (χ3v) is 6.47. The number of nitrogens with zero attached hydrogens (tertiary/aromatic N) is 1. The normalized spacial score (nSPS) is 10.6. The third-order valence-electron chi connectivity index (χ3n) is 4.70. The summed E-state index contributed by atoms with van der Waals surface area (Å²) in [7, 11) is 1.65. The lowest BCUT2D eigenvalue weighted by atomic mass is 10.0. The van der Waals surface area contributed by atoms with Gasteiger partial charge in [-0.3, -0.25) is 4.79 Å². The monoisotopic (exact) mass is 446 g/mol. The van der Waals surface area contributed by atoms with Gasteiger partial charge in [0.15, 0.2) is 5.13 Å². The number of hydrogen-bond acceptors (Lipinski definition) is 5. The number of hydrogen-bond donors (Lipinski definition) is 1. The Balaban J connectivity index is 1.29. The summed E-state index contributed by atoms with van der Waals surface area (Å²) in [5.41, 5.74) is 4.26. The molecule has 0 aliphatic rings. The molecule has 31 heavy (non-hydrogen) atoms. The number of thiazole rings is 1. The van der Waals surface area contributed by atoms with Crippen LogP contribution in [0.1, 0.15) is 6.42 Å². The van der Waals surface area contributed by atoms with Crippen LogP contribution in [0, 0.1) is 0 Å². The van der Waals surface area contributed by atoms with E-state index in [2.05, 4.69) is 46.7 Å². The van der Waals surface area contributed by atoms with Crippen LogP contribution in [0.25, 0.3) is 22.4 Å². The maximum atomic E-state index is 12.3. The molecule has 1 N–H and O–H groups in total. The van der Waals surface area contributed by atoms with Crippen LogP contribution < -0.4 is 10.1 Å². The van der Waals surface area contributed by atoms with E-state index in [1.54, 1.807) is 18.9 Å². The SMILES string of the molecule is COc1ccc(SCCC(=O)Nc2nc(-c3ccc(-c4ccccc4)cc3)cs2)cc1. The Morgan fingerprint density at radius 2 is 1.61 bits per heavy atom. The van der Waals surface area contributed by atoms with Crippen molar-refractivity contribution >= 4 is 34.1 Å². The second-order valence-corrected chi connectivity index (χ2v) is 8.83. The highest BCUT2D eigenvalue weighted by Crippen LogP contribution is 2.28. The molecule has 0 radical (unpaired) electrons. The molecule has 0 aliphatic heterocycles. The Kier molecular flexibility index (Phi) is 7.02. The third kappa shape index (κ3) is 5.75. The van der Waals surface area contributed by atoms with Gasteiger partial charge in [0.25, 0.3) is 0 Å². The van der Waals surface area contributed by atoms with E-state index < -0.39 is 0 Å². The molecule has 4 rings (SSSR count). The van der Waals surface area contributed by atoms with Crippen molar-refractivity contribution in [2.45, 2.75) is 11.3 Å². The van der Waals surface area contributed by atoms with E-state index in [4.69, 9.17) is 4.74 Å². The second-order valence-electron chi connectivity index (χ2n) is 6.80. The van der Waals surface area contributed by atoms with Crippen molar-refractivity contribution < 1.29 is 9.53 Å². The topological polar surface area (TPSA) is 51.2 Å². The summed E-state index contributed by atoms with van der Waals surface area (Å²) in [5.74, 6) is 1.51. The Bertz CT molecular complexity index is 1120. The summed E-state index contributed by atoms with van der Waals surface area (Å²) in [4.78, 5) is 18.0. The summed E-state index contributed by atoms with van der Waals surface area (Å²) in [6.45, 7) is 0. The minimum atomic E-state index is -0.0265. The molecule has 0 unspecified atom stereocenters. The van der Waals surface area contributed by atoms with Crippen LogP contribution in [-0.4, -0.2) is 23.8 Å². The molecular weight excluding hydrogens is 424 g/mol. The van der Waals surface area contributed by atoms with Crippen LogP contribution in [0.5, 0.6) is 5.75 Å². The molecular formula is C25H22N2O2S2. The van der Waals surface area contributed by atoms with Crippen molar-refractivity contribution in [3.63, 3.8) is 0 Å². The first-order valence-electron chi connectivity index (χ1n) is 9.89. The Morgan fingerprint density at radius 1 is 0.935 bits per heavy atom. The number of methoxy groups -OCH3 is 1. The fraction of sp³-hybridized carbons (Fsp3) is 0.120. The summed E-state index contributed by atoms with van der Waals surface area (Å²) < 4.78 is 5.16. The molecule has 0 aliphatic carbocycles. The molecule has 0 saturated carbocycles. The van der Waals surface area contributed by atoms with Gasteiger partial charge in [0, 0.05) is 28.0 Å². The van der Waals surface area contributed by atoms with Gasteiger partial charge in [0.05, 0.1) is 12.8 Å². The highest BCUT2D eigenvalue weighted by Gasteiger charge is 2.09. The van der Waals surface area contributed by atoms with E-state index in [0.29, 0.717) is 17.3 Å². The second kappa shape index (κ2) is 10.3. The molecule has 0 spiro atoms. The summed E-state index contributed by atoms with van der Waals surface area (Å²) in [5, 5.41) is 5.51. The number of thioether (sulfide) groups is 1. The van der Waals surface area contributed by atoms with Crippen LogP contribution in [0.15, 0.2) is 89.1 Å². The zero-order valence-corrected chi connectivity index (χ0v) is 18.7. The smallest absolute Gasteiger partial charge is 0.226 e. The Labute approximate surface area is 190 Å². The number of carbonyl (C=O) groups is 1. The van der Waals surface area contributed by atoms with Gasteiger partial charge in [-0.05, 0) is 35.4 Å². The zero-order valence-electron chi connectivity index (χ0n) is 17.1. The van der Waals surface area contributed by atoms with Crippen LogP contribution in [0.3, 0.4) is 0 Å². The summed E-state index contributed by atoms with van der Waals surface area (Å²) >= 11 is 3.09. The summed E-state index contributed by atoms with van der Waals surface area (Å²) in [6, 6.07) is 26.4. The largest absolute Gasteiger partial charge is 0.497 e. The average molecular weight is 447 g/mol. The lowest BCUT2D eigenvalue weighted by Crippen LogP contribution is -2.11. The van der Waals surface area contributed by atoms with E-state index in [9.17, 15) is 4.79 Å². The minimum absolute atomic E-state index is 0.0265. The van der Waals surface area contributed by atoms with Crippen LogP contribution in [-0.2, 0) is 4.79 Å². The maximum Gasteiger partial charge on any atom is 0.226 e. The van der Waals surface area contributed by atoms with Gasteiger partial charge in [-0.15, -0.1) is 23.1 Å². The molecule has 3 aromatic carbocycles. The van der Waals surface area contributed by atoms with Crippen molar-refractivity contribution in [2.75, 3.05) is 18.2 Å². The van der Waals surface area contributed by atoms with Gasteiger partial charge in [0.2, 0.25) is 5.91 Å². The van der Waals surface area contributed by atoms with Crippen molar-refractivity contribution in [1.82, 2.24) is 4.98 Å². The highest BCUT2D eigenvalue weighted by atomic mass is 32.2. The number of benzene rings is 3. The predicted octanol–water partition coefficient (Wildman–Crippen LogP) is 6.61. The lowest BCUT2D eigenvalue weighted by Gasteiger charge is -2.04. The number of carbonyl (C=O) groups excluding carboxylic acids is 1. The fourth-order valence-corrected chi connectivity index (χ4v) is 4.63. The first kappa shape index (κ1) is 21.2. The van der Waals surface area contributed by atoms with Crippen LogP contribution in [0.2, 0.25) is 0 Å². The molecule has 1 aromatic heterocycles. The van der Waals surface area contributed by atoms with Gasteiger partial charge >= 0.3 is 0 Å². The number of ether oxygens (including phenoxy) is 1. The average Bonchev–Trinajstić information content (AvgIpc) is 3.28. The molecule has 4 nitrogen and oxygen atoms in total. The first-order chi connectivity index (χ1) is 15.2. The molecule has 6 heteroatoms. The maximum absolute atomic E-state index is 12.3. The fourth-order valence-electron chi connectivity index (χ4n) is 3.04. The quantitative estimate of drug-likeness (QED) is 0.310. The molecule has 0 saturated heterocycles. The molecule has 0 atom stereocenters. The van der Waals surface area contributed by atoms with Crippen molar-refractivity contribution in [2.24, 2.45) is 0 Å². The highest BCUT2D eigenvalue weighted by molar-refractivity contribution is 7.99. The first-order valence-corrected chi connectivity index (χ1v) is 11.8. The van der Waals surface area contributed by atoms with Gasteiger partial charge < -0.3 is 10.1 Å². The van der Waals surface area contributed by atoms with Gasteiger partial charge in [0.1, 0.15) is 5.75 Å². The Morgan fingerprint density at radius 3 is 2.32 bits per heavy atom. The molecule has 0 fully saturated rings. The van der Waals surface area contributed by atoms with Crippen molar-refractivity contribution in [3.8, 4) is 28.1 Å². The minimum Gasteiger partial charge on any atom is -0.497 e. The number of rotatable bonds is 8. The van der Waals surface area contributed by atoms with E-state index in [0.717, 1.165) is 21.9 Å². The zero-order chi connectivity index (χ0) is 21.5. The predicted molar refractivity (Wildman–Crippen MR) is 130 cm³/mol. The number of amides is 1. The van der Waals surface area contributed by atoms with Gasteiger partial charge in [-0.25, -0.2) is 4.98 Å². The molecule has 1 heterocycles. The molecule has 156 valence electrons. The molecule has 0 bridgehead atoms. The molecule has 1 amide bonds. The van der Waals surface area contributed by atoms with Crippen LogP contribution in [0.4, 0.5) is 5.13 Å². The standard InChI is InChI=1S/C25H22N2O2S2/c1-29-21-11-13-22(14-12-21)30-16-15-24(28)27-25-26-23(17-31-25)20-9-7-19(8-10-20)18-5-3-2-4-6-18/h2-14,17H,15-16H2,1H3,(H,26,27,28). The van der Waals surface area contributed by atoms with Gasteiger partial charge in [-0.1, -0.05) is 54.6 Å². The van der Waals surface area contributed by atoms with E-state index >= 15 is 0 Å². The molecule has 4 aromatic rings. The number of nitrogens with one attached hydrogen (secondary N) is 1. The van der Waals surface area contributed by atoms with E-state index in [1.165, 1.54) is 22.5 Å². The summed E-state index contributed by atoms with van der Waals surface area (Å²) in [6.07, 6.45) is 0.428. The van der Waals surface area contributed by atoms with E-state index in [-0.39, 0.29) is 5.91 Å². The lowest BCUT2D eigenvalue weighted by molar-refractivity contribution is -0.115. The van der Waals surface area contributed by atoms with E-state index in [1.807, 2.05) is 47.8 Å². The van der Waals surface area contributed by atoms with Crippen LogP contribution >= 0.6 is 23.1 Å². The van der Waals surface area contributed by atoms with Crippen molar-refractivity contribution in [1.29, 1.82) is 0 Å². The number of aromatic nitrogens is 1. The Hall–Kier alpha value is -3.09. The van der Waals surface area contributed by atoms with Gasteiger partial charge in [-0.2, -0.15) is 0 Å². The number of anilines is 1.